The monoisotopic (exact) mass is 322 g/mol. The van der Waals surface area contributed by atoms with Crippen LogP contribution in [0.1, 0.15) is 35.7 Å². The zero-order chi connectivity index (χ0) is 16.7. The normalized spacial score (nSPS) is 21.3. The predicted molar refractivity (Wildman–Crippen MR) is 89.9 cm³/mol. The fourth-order valence-corrected chi connectivity index (χ4v) is 3.34. The van der Waals surface area contributed by atoms with Gasteiger partial charge < -0.3 is 15.0 Å². The maximum absolute atomic E-state index is 13.2. The first kappa shape index (κ1) is 14.8. The summed E-state index contributed by atoms with van der Waals surface area (Å²) in [6, 6.07) is 14.5. The Morgan fingerprint density at radius 3 is 2.67 bits per heavy atom. The number of fused-ring (bicyclic) bond motifs is 3. The van der Waals surface area contributed by atoms with Gasteiger partial charge in [0, 0.05) is 6.54 Å². The molecule has 5 heteroatoms. The number of para-hydroxylation sites is 2. The average Bonchev–Trinajstić information content (AvgIpc) is 2.82. The van der Waals surface area contributed by atoms with E-state index in [4.69, 9.17) is 4.74 Å². The predicted octanol–water partition coefficient (Wildman–Crippen LogP) is 2.81. The van der Waals surface area contributed by atoms with Crippen LogP contribution in [0.2, 0.25) is 0 Å². The molecule has 0 radical (unpaired) electrons. The van der Waals surface area contributed by atoms with Crippen molar-refractivity contribution in [2.75, 3.05) is 11.4 Å². The van der Waals surface area contributed by atoms with Crippen molar-refractivity contribution in [3.8, 4) is 5.75 Å². The molecule has 2 heterocycles. The second kappa shape index (κ2) is 5.37. The van der Waals surface area contributed by atoms with Gasteiger partial charge in [0.1, 0.15) is 5.75 Å². The maximum Gasteiger partial charge on any atom is 0.298 e. The lowest BCUT2D eigenvalue weighted by molar-refractivity contribution is -0.136. The molecule has 1 spiro atoms. The molecule has 5 nitrogen and oxygen atoms in total. The molecular weight excluding hydrogens is 304 g/mol. The van der Waals surface area contributed by atoms with Crippen molar-refractivity contribution in [3.05, 3.63) is 59.7 Å². The number of amides is 2. The molecule has 2 aromatic rings. The first-order chi connectivity index (χ1) is 11.7. The number of nitrogens with one attached hydrogen (secondary N) is 1. The van der Waals surface area contributed by atoms with Crippen molar-refractivity contribution >= 4 is 17.5 Å². The van der Waals surface area contributed by atoms with E-state index in [1.165, 1.54) is 0 Å². The summed E-state index contributed by atoms with van der Waals surface area (Å²) in [5, 5.41) is 2.81. The van der Waals surface area contributed by atoms with Crippen LogP contribution in [0.4, 0.5) is 5.69 Å². The summed E-state index contributed by atoms with van der Waals surface area (Å²) in [6.45, 7) is 2.69. The number of anilines is 1. The van der Waals surface area contributed by atoms with E-state index < -0.39 is 5.72 Å². The van der Waals surface area contributed by atoms with Crippen molar-refractivity contribution in [1.82, 2.24) is 5.32 Å². The van der Waals surface area contributed by atoms with E-state index in [2.05, 4.69) is 12.2 Å². The Bertz CT molecular complexity index is 833. The summed E-state index contributed by atoms with van der Waals surface area (Å²) in [6.07, 6.45) is 1.87. The lowest BCUT2D eigenvalue weighted by atomic mass is 10.0. The third-order valence-electron chi connectivity index (χ3n) is 4.54. The fourth-order valence-electron chi connectivity index (χ4n) is 3.34. The third-order valence-corrected chi connectivity index (χ3v) is 4.54. The van der Waals surface area contributed by atoms with Gasteiger partial charge >= 0.3 is 0 Å². The van der Waals surface area contributed by atoms with E-state index in [9.17, 15) is 9.59 Å². The fraction of sp³-hybridized carbons (Fsp3) is 0.263. The van der Waals surface area contributed by atoms with Crippen LogP contribution in [0, 0.1) is 0 Å². The molecule has 2 amide bonds. The number of nitrogens with zero attached hydrogens (tertiary/aromatic N) is 1. The SMILES string of the molecule is CCCCN1C(=O)[C@]2(NC(=O)c3ccccc3O2)c2ccccc21. The second-order valence-corrected chi connectivity index (χ2v) is 6.06. The van der Waals surface area contributed by atoms with Gasteiger partial charge in [-0.1, -0.05) is 43.7 Å². The van der Waals surface area contributed by atoms with E-state index in [0.29, 0.717) is 23.4 Å². The van der Waals surface area contributed by atoms with Gasteiger partial charge in [-0.2, -0.15) is 0 Å². The number of carbonyl (C=O) groups excluding carboxylic acids is 2. The molecule has 1 atom stereocenters. The Morgan fingerprint density at radius 2 is 1.83 bits per heavy atom. The number of benzene rings is 2. The quantitative estimate of drug-likeness (QED) is 0.945. The van der Waals surface area contributed by atoms with Crippen molar-refractivity contribution in [3.63, 3.8) is 0 Å². The number of unbranched alkanes of at least 4 members (excludes halogenated alkanes) is 1. The average molecular weight is 322 g/mol. The van der Waals surface area contributed by atoms with Crippen LogP contribution in [0.15, 0.2) is 48.5 Å². The van der Waals surface area contributed by atoms with E-state index in [1.807, 2.05) is 24.3 Å². The van der Waals surface area contributed by atoms with Crippen molar-refractivity contribution < 1.29 is 14.3 Å². The first-order valence-electron chi connectivity index (χ1n) is 8.19. The maximum atomic E-state index is 13.2. The van der Waals surface area contributed by atoms with Gasteiger partial charge in [-0.05, 0) is 24.6 Å². The molecule has 0 aromatic heterocycles. The minimum absolute atomic E-state index is 0.236. The van der Waals surface area contributed by atoms with E-state index in [0.717, 1.165) is 18.5 Å². The van der Waals surface area contributed by atoms with Gasteiger partial charge in [-0.25, -0.2) is 0 Å². The molecule has 2 aliphatic heterocycles. The standard InChI is InChI=1S/C19H18N2O3/c1-2-3-12-21-15-10-6-5-9-14(15)19(18(21)23)20-17(22)13-8-4-7-11-16(13)24-19/h4-11H,2-3,12H2,1H3,(H,20,22)/t19-/m0/s1. The van der Waals surface area contributed by atoms with Crippen LogP contribution >= 0.6 is 0 Å². The molecule has 0 saturated carbocycles. The molecule has 24 heavy (non-hydrogen) atoms. The summed E-state index contributed by atoms with van der Waals surface area (Å²) in [4.78, 5) is 27.5. The van der Waals surface area contributed by atoms with Crippen molar-refractivity contribution in [2.45, 2.75) is 25.5 Å². The lowest BCUT2D eigenvalue weighted by Crippen LogP contribution is -2.59. The van der Waals surface area contributed by atoms with Gasteiger partial charge in [0.05, 0.1) is 16.8 Å². The van der Waals surface area contributed by atoms with Crippen molar-refractivity contribution in [2.24, 2.45) is 0 Å². The zero-order valence-corrected chi connectivity index (χ0v) is 13.4. The van der Waals surface area contributed by atoms with E-state index >= 15 is 0 Å². The third kappa shape index (κ3) is 1.94. The highest BCUT2D eigenvalue weighted by atomic mass is 16.5. The molecule has 1 N–H and O–H groups in total. The largest absolute Gasteiger partial charge is 0.453 e. The van der Waals surface area contributed by atoms with Crippen LogP contribution in [-0.2, 0) is 10.5 Å². The molecule has 0 saturated heterocycles. The van der Waals surface area contributed by atoms with Gasteiger partial charge in [0.15, 0.2) is 0 Å². The Balaban J connectivity index is 1.84. The Labute approximate surface area is 140 Å². The molecule has 0 aliphatic carbocycles. The molecule has 0 fully saturated rings. The molecule has 4 rings (SSSR count). The molecule has 2 aliphatic rings. The lowest BCUT2D eigenvalue weighted by Gasteiger charge is -2.34. The van der Waals surface area contributed by atoms with E-state index in [-0.39, 0.29) is 11.8 Å². The van der Waals surface area contributed by atoms with Crippen LogP contribution in [-0.4, -0.2) is 18.4 Å². The molecule has 0 unspecified atom stereocenters. The van der Waals surface area contributed by atoms with Gasteiger partial charge in [-0.15, -0.1) is 0 Å². The number of rotatable bonds is 3. The summed E-state index contributed by atoms with van der Waals surface area (Å²) in [5.74, 6) is -0.0981. The number of carbonyl (C=O) groups is 2. The highest BCUT2D eigenvalue weighted by Gasteiger charge is 2.56. The minimum Gasteiger partial charge on any atom is -0.453 e. The van der Waals surface area contributed by atoms with Crippen molar-refractivity contribution in [1.29, 1.82) is 0 Å². The summed E-state index contributed by atoms with van der Waals surface area (Å²) >= 11 is 0. The molecular formula is C19H18N2O3. The van der Waals surface area contributed by atoms with E-state index in [1.54, 1.807) is 29.2 Å². The molecule has 0 bridgehead atoms. The van der Waals surface area contributed by atoms with Crippen LogP contribution in [0.25, 0.3) is 0 Å². The summed E-state index contributed by atoms with van der Waals surface area (Å²) < 4.78 is 6.08. The molecule has 2 aromatic carbocycles. The highest BCUT2D eigenvalue weighted by Crippen LogP contribution is 2.44. The van der Waals surface area contributed by atoms with Crippen LogP contribution < -0.4 is 15.0 Å². The minimum atomic E-state index is -1.46. The van der Waals surface area contributed by atoms with Gasteiger partial charge in [-0.3, -0.25) is 9.59 Å². The Hall–Kier alpha value is -2.82. The summed E-state index contributed by atoms with van der Waals surface area (Å²) in [7, 11) is 0. The summed E-state index contributed by atoms with van der Waals surface area (Å²) in [5.41, 5.74) is 0.473. The second-order valence-electron chi connectivity index (χ2n) is 6.06. The van der Waals surface area contributed by atoms with Gasteiger partial charge in [0.2, 0.25) is 0 Å². The highest BCUT2D eigenvalue weighted by molar-refractivity contribution is 6.11. The Kier molecular flexibility index (Phi) is 3.30. The number of hydrogen-bond acceptors (Lipinski definition) is 3. The van der Waals surface area contributed by atoms with Crippen LogP contribution in [0.3, 0.4) is 0 Å². The van der Waals surface area contributed by atoms with Crippen LogP contribution in [0.5, 0.6) is 5.75 Å². The first-order valence-corrected chi connectivity index (χ1v) is 8.19. The number of hydrogen-bond donors (Lipinski definition) is 1. The molecule has 122 valence electrons. The van der Waals surface area contributed by atoms with Gasteiger partial charge in [0.25, 0.3) is 17.5 Å². The Morgan fingerprint density at radius 1 is 1.08 bits per heavy atom. The number of ether oxygens (including phenoxy) is 1. The smallest absolute Gasteiger partial charge is 0.298 e. The topological polar surface area (TPSA) is 58.6 Å². The zero-order valence-electron chi connectivity index (χ0n) is 13.4.